The molecule has 0 radical (unpaired) electrons. The molecule has 1 heterocycles. The minimum absolute atomic E-state index is 0.0399. The minimum Gasteiger partial charge on any atom is -0.507 e. The first-order valence-corrected chi connectivity index (χ1v) is 10.4. The fraction of sp³-hybridized carbons (Fsp3) is 0.273. The van der Waals surface area contributed by atoms with E-state index in [0.29, 0.717) is 29.4 Å². The van der Waals surface area contributed by atoms with Crippen molar-refractivity contribution < 1.29 is 19.4 Å². The Morgan fingerprint density at radius 1 is 1.23 bits per heavy atom. The van der Waals surface area contributed by atoms with Gasteiger partial charge in [-0.3, -0.25) is 9.59 Å². The van der Waals surface area contributed by atoms with Crippen LogP contribution in [0.1, 0.15) is 17.2 Å². The Morgan fingerprint density at radius 3 is 2.57 bits per heavy atom. The Balaban J connectivity index is 2.16. The van der Waals surface area contributed by atoms with E-state index in [9.17, 15) is 14.7 Å². The lowest BCUT2D eigenvalue weighted by molar-refractivity contribution is -0.140. The second-order valence-corrected chi connectivity index (χ2v) is 8.52. The van der Waals surface area contributed by atoms with Gasteiger partial charge in [-0.05, 0) is 50.0 Å². The number of ether oxygens (including phenoxy) is 1. The van der Waals surface area contributed by atoms with Gasteiger partial charge in [-0.2, -0.15) is 0 Å². The van der Waals surface area contributed by atoms with Crippen molar-refractivity contribution in [2.75, 3.05) is 34.3 Å². The highest BCUT2D eigenvalue weighted by Gasteiger charge is 2.45. The first-order chi connectivity index (χ1) is 14.2. The molecule has 1 N–H and O–H groups in total. The average molecular weight is 494 g/mol. The number of benzene rings is 2. The number of methoxy groups -OCH3 is 1. The van der Waals surface area contributed by atoms with Crippen molar-refractivity contribution in [2.24, 2.45) is 0 Å². The number of aliphatic hydroxyl groups excluding tert-OH is 1. The molecular weight excluding hydrogens is 472 g/mol. The standard InChI is InChI=1S/C22H22BrClN2O4/c1-25(2)9-10-26-19(13-5-4-6-15(23)11-13)18(21(28)22(26)29)20(27)14-7-8-17(30-3)16(24)12-14/h4-8,11-12,19,27H,9-10H2,1-3H3/b20-18-. The number of rotatable bonds is 6. The Labute approximate surface area is 188 Å². The number of halogens is 2. The van der Waals surface area contributed by atoms with Crippen molar-refractivity contribution in [1.82, 2.24) is 9.80 Å². The summed E-state index contributed by atoms with van der Waals surface area (Å²) in [5, 5.41) is 11.3. The molecule has 8 heteroatoms. The van der Waals surface area contributed by atoms with Crippen LogP contribution >= 0.6 is 27.5 Å². The number of carbonyl (C=O) groups is 2. The van der Waals surface area contributed by atoms with Gasteiger partial charge in [-0.15, -0.1) is 0 Å². The third-order valence-corrected chi connectivity index (χ3v) is 5.71. The van der Waals surface area contributed by atoms with Gasteiger partial charge < -0.3 is 19.6 Å². The quantitative estimate of drug-likeness (QED) is 0.373. The van der Waals surface area contributed by atoms with Crippen molar-refractivity contribution in [3.05, 3.63) is 68.7 Å². The lowest BCUT2D eigenvalue weighted by atomic mass is 9.95. The molecule has 1 aliphatic heterocycles. The molecule has 0 saturated carbocycles. The summed E-state index contributed by atoms with van der Waals surface area (Å²) in [4.78, 5) is 29.2. The van der Waals surface area contributed by atoms with Crippen LogP contribution in [0.5, 0.6) is 5.75 Å². The van der Waals surface area contributed by atoms with Crippen LogP contribution < -0.4 is 4.74 Å². The van der Waals surface area contributed by atoms with Gasteiger partial charge in [-0.1, -0.05) is 39.7 Å². The topological polar surface area (TPSA) is 70.1 Å². The smallest absolute Gasteiger partial charge is 0.295 e. The normalized spacial score (nSPS) is 18.3. The highest BCUT2D eigenvalue weighted by Crippen LogP contribution is 2.40. The van der Waals surface area contributed by atoms with Crippen molar-refractivity contribution >= 4 is 45.0 Å². The summed E-state index contributed by atoms with van der Waals surface area (Å²) in [5.74, 6) is -1.18. The zero-order chi connectivity index (χ0) is 22.0. The maximum atomic E-state index is 13.0. The van der Waals surface area contributed by atoms with E-state index in [1.54, 1.807) is 12.1 Å². The first kappa shape index (κ1) is 22.3. The SMILES string of the molecule is COc1ccc(/C(O)=C2/C(=O)C(=O)N(CCN(C)C)C2c2cccc(Br)c2)cc1Cl. The number of likely N-dealkylation sites (tertiary alicyclic amines) is 1. The largest absolute Gasteiger partial charge is 0.507 e. The average Bonchev–Trinajstić information content (AvgIpc) is 2.96. The predicted molar refractivity (Wildman–Crippen MR) is 120 cm³/mol. The minimum atomic E-state index is -0.719. The molecule has 0 aliphatic carbocycles. The zero-order valence-electron chi connectivity index (χ0n) is 16.9. The Kier molecular flexibility index (Phi) is 6.85. The Bertz CT molecular complexity index is 1020. The first-order valence-electron chi connectivity index (χ1n) is 9.27. The molecule has 158 valence electrons. The summed E-state index contributed by atoms with van der Waals surface area (Å²) < 4.78 is 5.96. The van der Waals surface area contributed by atoms with Crippen molar-refractivity contribution in [2.45, 2.75) is 6.04 Å². The molecule has 1 atom stereocenters. The van der Waals surface area contributed by atoms with Gasteiger partial charge in [0, 0.05) is 23.1 Å². The van der Waals surface area contributed by atoms with Gasteiger partial charge in [0.1, 0.15) is 11.5 Å². The van der Waals surface area contributed by atoms with Gasteiger partial charge in [0.15, 0.2) is 0 Å². The van der Waals surface area contributed by atoms with Gasteiger partial charge in [-0.25, -0.2) is 0 Å². The van der Waals surface area contributed by atoms with Crippen LogP contribution in [0.25, 0.3) is 5.76 Å². The molecule has 0 bridgehead atoms. The van der Waals surface area contributed by atoms with E-state index < -0.39 is 17.7 Å². The number of hydrogen-bond acceptors (Lipinski definition) is 5. The summed E-state index contributed by atoms with van der Waals surface area (Å²) in [7, 11) is 5.28. The summed E-state index contributed by atoms with van der Waals surface area (Å²) in [5.41, 5.74) is 1.10. The lowest BCUT2D eigenvalue weighted by Crippen LogP contribution is -2.35. The van der Waals surface area contributed by atoms with Crippen LogP contribution in [-0.2, 0) is 9.59 Å². The van der Waals surface area contributed by atoms with E-state index in [1.807, 2.05) is 43.3 Å². The summed E-state index contributed by atoms with van der Waals surface area (Å²) in [6, 6.07) is 11.4. The van der Waals surface area contributed by atoms with Gasteiger partial charge >= 0.3 is 0 Å². The van der Waals surface area contributed by atoms with Crippen molar-refractivity contribution in [1.29, 1.82) is 0 Å². The molecule has 30 heavy (non-hydrogen) atoms. The van der Waals surface area contributed by atoms with E-state index >= 15 is 0 Å². The molecule has 1 fully saturated rings. The molecule has 6 nitrogen and oxygen atoms in total. The van der Waals surface area contributed by atoms with E-state index in [4.69, 9.17) is 16.3 Å². The van der Waals surface area contributed by atoms with Crippen LogP contribution in [0.2, 0.25) is 5.02 Å². The number of hydrogen-bond donors (Lipinski definition) is 1. The highest BCUT2D eigenvalue weighted by molar-refractivity contribution is 9.10. The molecule has 0 spiro atoms. The summed E-state index contributed by atoms with van der Waals surface area (Å²) in [6.07, 6.45) is 0. The van der Waals surface area contributed by atoms with Crippen LogP contribution in [0.4, 0.5) is 0 Å². The molecule has 3 rings (SSSR count). The lowest BCUT2D eigenvalue weighted by Gasteiger charge is -2.26. The maximum absolute atomic E-state index is 13.0. The molecule has 1 amide bonds. The number of aliphatic hydroxyl groups is 1. The zero-order valence-corrected chi connectivity index (χ0v) is 19.2. The van der Waals surface area contributed by atoms with Gasteiger partial charge in [0.25, 0.3) is 11.7 Å². The number of Topliss-reactive ketones (excluding diaryl/α,β-unsaturated/α-hetero) is 1. The van der Waals surface area contributed by atoms with Crippen molar-refractivity contribution in [3.8, 4) is 5.75 Å². The fourth-order valence-electron chi connectivity index (χ4n) is 3.41. The number of amides is 1. The highest BCUT2D eigenvalue weighted by atomic mass is 79.9. The predicted octanol–water partition coefficient (Wildman–Crippen LogP) is 4.09. The van der Waals surface area contributed by atoms with Crippen LogP contribution in [0.3, 0.4) is 0 Å². The van der Waals surface area contributed by atoms with E-state index in [2.05, 4.69) is 15.9 Å². The van der Waals surface area contributed by atoms with E-state index in [1.165, 1.54) is 18.1 Å². The second-order valence-electron chi connectivity index (χ2n) is 7.20. The number of likely N-dealkylation sites (N-methyl/N-ethyl adjacent to an activating group) is 1. The summed E-state index contributed by atoms with van der Waals surface area (Å²) in [6.45, 7) is 0.917. The van der Waals surface area contributed by atoms with Crippen molar-refractivity contribution in [3.63, 3.8) is 0 Å². The molecule has 0 aromatic heterocycles. The third-order valence-electron chi connectivity index (χ3n) is 4.92. The van der Waals surface area contributed by atoms with E-state index in [-0.39, 0.29) is 11.3 Å². The van der Waals surface area contributed by atoms with E-state index in [0.717, 1.165) is 10.0 Å². The fourth-order valence-corrected chi connectivity index (χ4v) is 4.09. The summed E-state index contributed by atoms with van der Waals surface area (Å²) >= 11 is 9.64. The van der Waals surface area contributed by atoms with Gasteiger partial charge in [0.2, 0.25) is 0 Å². The molecule has 1 aliphatic rings. The molecular formula is C22H22BrClN2O4. The number of ketones is 1. The molecule has 1 unspecified atom stereocenters. The monoisotopic (exact) mass is 492 g/mol. The Morgan fingerprint density at radius 2 is 1.97 bits per heavy atom. The third kappa shape index (κ3) is 4.38. The van der Waals surface area contributed by atoms with Crippen LogP contribution in [0.15, 0.2) is 52.5 Å². The number of carbonyl (C=O) groups excluding carboxylic acids is 2. The van der Waals surface area contributed by atoms with Crippen LogP contribution in [-0.4, -0.2) is 60.9 Å². The molecule has 1 saturated heterocycles. The number of nitrogens with zero attached hydrogens (tertiary/aromatic N) is 2. The Hall–Kier alpha value is -2.35. The second kappa shape index (κ2) is 9.20. The maximum Gasteiger partial charge on any atom is 0.295 e. The van der Waals surface area contributed by atoms with Gasteiger partial charge in [0.05, 0.1) is 23.7 Å². The molecule has 2 aromatic carbocycles. The molecule has 2 aromatic rings. The van der Waals surface area contributed by atoms with Crippen LogP contribution in [0, 0.1) is 0 Å².